The van der Waals surface area contributed by atoms with Gasteiger partial charge in [-0.15, -0.1) is 0 Å². The molecule has 0 amide bonds. The van der Waals surface area contributed by atoms with Crippen LogP contribution in [0.5, 0.6) is 0 Å². The van der Waals surface area contributed by atoms with Crippen LogP contribution in [0.25, 0.3) is 0 Å². The quantitative estimate of drug-likeness (QED) is 0.664. The Morgan fingerprint density at radius 1 is 0.778 bits per heavy atom. The molecule has 1 fully saturated rings. The Morgan fingerprint density at radius 3 is 1.28 bits per heavy atom. The molecule has 0 aromatic carbocycles. The largest absolute Gasteiger partial charge is 0.303 e. The number of hydrogen-bond donors (Lipinski definition) is 0. The van der Waals surface area contributed by atoms with Crippen LogP contribution in [0.1, 0.15) is 27.7 Å². The molecular formula is C14H26N2O2. The SMILES string of the molecule is CC(C)(C=O)CN1CCN(CC(C)(C)C=O)CC1. The first-order chi connectivity index (χ1) is 8.28. The number of rotatable bonds is 6. The van der Waals surface area contributed by atoms with Crippen molar-refractivity contribution in [1.82, 2.24) is 9.80 Å². The smallest absolute Gasteiger partial charge is 0.126 e. The fraction of sp³-hybridized carbons (Fsp3) is 0.857. The first-order valence-electron chi connectivity index (χ1n) is 6.65. The number of piperazine rings is 1. The number of aldehydes is 2. The second-order valence-electron chi connectivity index (χ2n) is 6.77. The van der Waals surface area contributed by atoms with Gasteiger partial charge in [0.1, 0.15) is 12.6 Å². The van der Waals surface area contributed by atoms with E-state index in [9.17, 15) is 9.59 Å². The van der Waals surface area contributed by atoms with Crippen LogP contribution in [0.3, 0.4) is 0 Å². The molecule has 104 valence electrons. The first-order valence-corrected chi connectivity index (χ1v) is 6.65. The van der Waals surface area contributed by atoms with Gasteiger partial charge >= 0.3 is 0 Å². The van der Waals surface area contributed by atoms with Gasteiger partial charge in [0.2, 0.25) is 0 Å². The molecule has 0 atom stereocenters. The summed E-state index contributed by atoms with van der Waals surface area (Å²) in [7, 11) is 0. The van der Waals surface area contributed by atoms with Crippen LogP contribution in [0, 0.1) is 10.8 Å². The molecule has 18 heavy (non-hydrogen) atoms. The molecule has 0 bridgehead atoms. The van der Waals surface area contributed by atoms with E-state index in [2.05, 4.69) is 9.80 Å². The first kappa shape index (κ1) is 15.3. The van der Waals surface area contributed by atoms with E-state index >= 15 is 0 Å². The van der Waals surface area contributed by atoms with Gasteiger partial charge in [0.05, 0.1) is 0 Å². The second-order valence-corrected chi connectivity index (χ2v) is 6.77. The molecule has 0 N–H and O–H groups in total. The highest BCUT2D eigenvalue weighted by Crippen LogP contribution is 2.18. The molecule has 1 heterocycles. The van der Waals surface area contributed by atoms with Gasteiger partial charge < -0.3 is 9.59 Å². The van der Waals surface area contributed by atoms with Gasteiger partial charge in [-0.25, -0.2) is 0 Å². The van der Waals surface area contributed by atoms with Crippen molar-refractivity contribution >= 4 is 12.6 Å². The Kier molecular flexibility index (Phi) is 5.05. The summed E-state index contributed by atoms with van der Waals surface area (Å²) in [6.45, 7) is 13.5. The van der Waals surface area contributed by atoms with Crippen molar-refractivity contribution in [3.05, 3.63) is 0 Å². The number of nitrogens with zero attached hydrogens (tertiary/aromatic N) is 2. The predicted molar refractivity (Wildman–Crippen MR) is 72.6 cm³/mol. The second kappa shape index (κ2) is 5.93. The Hall–Kier alpha value is -0.740. The minimum atomic E-state index is -0.260. The van der Waals surface area contributed by atoms with Crippen molar-refractivity contribution in [1.29, 1.82) is 0 Å². The van der Waals surface area contributed by atoms with Gasteiger partial charge in [0.25, 0.3) is 0 Å². The lowest BCUT2D eigenvalue weighted by atomic mass is 9.93. The van der Waals surface area contributed by atoms with Crippen molar-refractivity contribution in [2.24, 2.45) is 10.8 Å². The monoisotopic (exact) mass is 254 g/mol. The van der Waals surface area contributed by atoms with Gasteiger partial charge in [0.15, 0.2) is 0 Å². The normalized spacial score (nSPS) is 19.8. The van der Waals surface area contributed by atoms with Gasteiger partial charge in [-0.05, 0) is 0 Å². The molecule has 1 aliphatic heterocycles. The summed E-state index contributed by atoms with van der Waals surface area (Å²) in [4.78, 5) is 26.5. The van der Waals surface area contributed by atoms with E-state index < -0.39 is 0 Å². The van der Waals surface area contributed by atoms with E-state index in [1.807, 2.05) is 27.7 Å². The topological polar surface area (TPSA) is 40.6 Å². The summed E-state index contributed by atoms with van der Waals surface area (Å²) >= 11 is 0. The predicted octanol–water partition coefficient (Wildman–Crippen LogP) is 1.05. The van der Waals surface area contributed by atoms with Crippen molar-refractivity contribution in [3.8, 4) is 0 Å². The Bertz CT molecular complexity index is 262. The van der Waals surface area contributed by atoms with Crippen LogP contribution in [-0.2, 0) is 9.59 Å². The minimum absolute atomic E-state index is 0.260. The van der Waals surface area contributed by atoms with Gasteiger partial charge in [-0.1, -0.05) is 27.7 Å². The molecule has 0 saturated carbocycles. The molecule has 1 saturated heterocycles. The lowest BCUT2D eigenvalue weighted by Gasteiger charge is -2.39. The molecule has 1 rings (SSSR count). The summed E-state index contributed by atoms with van der Waals surface area (Å²) < 4.78 is 0. The summed E-state index contributed by atoms with van der Waals surface area (Å²) in [5.41, 5.74) is -0.519. The van der Waals surface area contributed by atoms with Crippen LogP contribution < -0.4 is 0 Å². The fourth-order valence-electron chi connectivity index (χ4n) is 2.33. The molecule has 0 aliphatic carbocycles. The molecule has 0 spiro atoms. The zero-order valence-corrected chi connectivity index (χ0v) is 12.1. The lowest BCUT2D eigenvalue weighted by Crippen LogP contribution is -2.51. The molecule has 0 aromatic heterocycles. The standard InChI is InChI=1S/C14H26N2O2/c1-13(2,11-17)9-15-5-7-16(8-6-15)10-14(3,4)12-18/h11-12H,5-10H2,1-4H3. The van der Waals surface area contributed by atoms with Crippen molar-refractivity contribution in [2.45, 2.75) is 27.7 Å². The van der Waals surface area contributed by atoms with Gasteiger partial charge in [-0.2, -0.15) is 0 Å². The van der Waals surface area contributed by atoms with Crippen LogP contribution in [0.15, 0.2) is 0 Å². The zero-order valence-electron chi connectivity index (χ0n) is 12.1. The van der Waals surface area contributed by atoms with Crippen LogP contribution in [-0.4, -0.2) is 61.6 Å². The molecule has 1 aliphatic rings. The average Bonchev–Trinajstić information content (AvgIpc) is 2.31. The lowest BCUT2D eigenvalue weighted by molar-refractivity contribution is -0.117. The van der Waals surface area contributed by atoms with Gasteiger partial charge in [0, 0.05) is 50.1 Å². The summed E-state index contributed by atoms with van der Waals surface area (Å²) in [6.07, 6.45) is 2.07. The molecular weight excluding hydrogens is 228 g/mol. The van der Waals surface area contributed by atoms with Crippen molar-refractivity contribution < 1.29 is 9.59 Å². The van der Waals surface area contributed by atoms with E-state index in [0.29, 0.717) is 0 Å². The van der Waals surface area contributed by atoms with E-state index in [1.54, 1.807) is 0 Å². The van der Waals surface area contributed by atoms with Crippen LogP contribution >= 0.6 is 0 Å². The molecule has 4 nitrogen and oxygen atoms in total. The Labute approximate surface area is 110 Å². The van der Waals surface area contributed by atoms with E-state index in [4.69, 9.17) is 0 Å². The number of hydrogen-bond acceptors (Lipinski definition) is 4. The number of carbonyl (C=O) groups is 2. The highest BCUT2D eigenvalue weighted by molar-refractivity contribution is 5.58. The van der Waals surface area contributed by atoms with Crippen molar-refractivity contribution in [3.63, 3.8) is 0 Å². The van der Waals surface area contributed by atoms with E-state index in [-0.39, 0.29) is 10.8 Å². The maximum atomic E-state index is 10.9. The molecule has 4 heteroatoms. The van der Waals surface area contributed by atoms with Crippen LogP contribution in [0.4, 0.5) is 0 Å². The fourth-order valence-corrected chi connectivity index (χ4v) is 2.33. The Morgan fingerprint density at radius 2 is 1.06 bits per heavy atom. The maximum Gasteiger partial charge on any atom is 0.126 e. The van der Waals surface area contributed by atoms with E-state index in [0.717, 1.165) is 51.8 Å². The van der Waals surface area contributed by atoms with E-state index in [1.165, 1.54) is 0 Å². The average molecular weight is 254 g/mol. The highest BCUT2D eigenvalue weighted by atomic mass is 16.1. The van der Waals surface area contributed by atoms with Gasteiger partial charge in [-0.3, -0.25) is 9.80 Å². The summed E-state index contributed by atoms with van der Waals surface area (Å²) in [5.74, 6) is 0. The number of carbonyl (C=O) groups excluding carboxylic acids is 2. The molecule has 0 aromatic rings. The third-order valence-electron chi connectivity index (χ3n) is 3.37. The third-order valence-corrected chi connectivity index (χ3v) is 3.37. The zero-order chi connectivity index (χ0) is 13.8. The molecule has 0 unspecified atom stereocenters. The third kappa shape index (κ3) is 4.86. The van der Waals surface area contributed by atoms with Crippen LogP contribution in [0.2, 0.25) is 0 Å². The van der Waals surface area contributed by atoms with Crippen molar-refractivity contribution in [2.75, 3.05) is 39.3 Å². The molecule has 0 radical (unpaired) electrons. The maximum absolute atomic E-state index is 10.9. The summed E-state index contributed by atoms with van der Waals surface area (Å²) in [5, 5.41) is 0. The highest BCUT2D eigenvalue weighted by Gasteiger charge is 2.27. The minimum Gasteiger partial charge on any atom is -0.303 e. The summed E-state index contributed by atoms with van der Waals surface area (Å²) in [6, 6.07) is 0. The Balaban J connectivity index is 2.37.